The summed E-state index contributed by atoms with van der Waals surface area (Å²) in [6.45, 7) is 3.91. The zero-order valence-electron chi connectivity index (χ0n) is 18.9. The molecule has 2 aromatic heterocycles. The first kappa shape index (κ1) is 21.9. The predicted octanol–water partition coefficient (Wildman–Crippen LogP) is 4.12. The summed E-state index contributed by atoms with van der Waals surface area (Å²) in [5, 5.41) is 0. The standard InChI is InChI=1S/C25H29N5O2/c1-4-32-17-18-7-9-20(10-8-18)24(31)30-15-5-6-22(30)23-21(19-11-13-26-14-12-19)16-27-25(28-23)29(2)3/h7-14,16,22H,4-6,15,17H2,1-3H3/t22-/m0/s1. The molecule has 0 spiro atoms. The third-order valence-electron chi connectivity index (χ3n) is 5.70. The molecule has 4 rings (SSSR count). The highest BCUT2D eigenvalue weighted by molar-refractivity contribution is 5.94. The summed E-state index contributed by atoms with van der Waals surface area (Å²) in [6.07, 6.45) is 7.20. The van der Waals surface area contributed by atoms with E-state index in [0.29, 0.717) is 31.3 Å². The van der Waals surface area contributed by atoms with Gasteiger partial charge in [0.25, 0.3) is 5.91 Å². The fraction of sp³-hybridized carbons (Fsp3) is 0.360. The molecule has 1 aliphatic rings. The van der Waals surface area contributed by atoms with Crippen molar-refractivity contribution in [3.63, 3.8) is 0 Å². The third kappa shape index (κ3) is 4.62. The average molecular weight is 432 g/mol. The summed E-state index contributed by atoms with van der Waals surface area (Å²) in [7, 11) is 3.85. The molecule has 0 bridgehead atoms. The van der Waals surface area contributed by atoms with Crippen LogP contribution in [0.1, 0.15) is 47.4 Å². The van der Waals surface area contributed by atoms with Gasteiger partial charge in [-0.05, 0) is 55.2 Å². The Kier molecular flexibility index (Phi) is 6.75. The van der Waals surface area contributed by atoms with E-state index in [9.17, 15) is 4.79 Å². The fourth-order valence-corrected chi connectivity index (χ4v) is 4.03. The van der Waals surface area contributed by atoms with Gasteiger partial charge in [-0.3, -0.25) is 9.78 Å². The molecule has 1 aliphatic heterocycles. The number of likely N-dealkylation sites (tertiary alicyclic amines) is 1. The van der Waals surface area contributed by atoms with Crippen LogP contribution in [0.15, 0.2) is 55.0 Å². The molecule has 7 nitrogen and oxygen atoms in total. The number of hydrogen-bond donors (Lipinski definition) is 0. The Labute approximate surface area is 189 Å². The van der Waals surface area contributed by atoms with Gasteiger partial charge in [-0.15, -0.1) is 0 Å². The van der Waals surface area contributed by atoms with Crippen molar-refractivity contribution in [3.8, 4) is 11.1 Å². The molecule has 3 heterocycles. The average Bonchev–Trinajstić information content (AvgIpc) is 3.32. The lowest BCUT2D eigenvalue weighted by molar-refractivity contribution is 0.0733. The van der Waals surface area contributed by atoms with Crippen LogP contribution < -0.4 is 4.90 Å². The Morgan fingerprint density at radius 1 is 1.16 bits per heavy atom. The Morgan fingerprint density at radius 3 is 2.59 bits per heavy atom. The molecule has 1 aromatic carbocycles. The predicted molar refractivity (Wildman–Crippen MR) is 124 cm³/mol. The fourth-order valence-electron chi connectivity index (χ4n) is 4.03. The summed E-state index contributed by atoms with van der Waals surface area (Å²) in [4.78, 5) is 30.8. The van der Waals surface area contributed by atoms with Crippen molar-refractivity contribution in [2.75, 3.05) is 32.1 Å². The van der Waals surface area contributed by atoms with E-state index < -0.39 is 0 Å². The van der Waals surface area contributed by atoms with Crippen LogP contribution in [0.2, 0.25) is 0 Å². The van der Waals surface area contributed by atoms with Gasteiger partial charge in [0.2, 0.25) is 5.95 Å². The highest BCUT2D eigenvalue weighted by atomic mass is 16.5. The van der Waals surface area contributed by atoms with Crippen molar-refractivity contribution in [2.24, 2.45) is 0 Å². The van der Waals surface area contributed by atoms with Gasteiger partial charge >= 0.3 is 0 Å². The number of amides is 1. The highest BCUT2D eigenvalue weighted by Crippen LogP contribution is 2.37. The van der Waals surface area contributed by atoms with Gasteiger partial charge in [0.05, 0.1) is 18.3 Å². The minimum absolute atomic E-state index is 0.0288. The molecule has 1 atom stereocenters. The minimum Gasteiger partial charge on any atom is -0.377 e. The molecule has 0 N–H and O–H groups in total. The second kappa shape index (κ2) is 9.87. The maximum atomic E-state index is 13.5. The SMILES string of the molecule is CCOCc1ccc(C(=O)N2CCC[C@H]2c2nc(N(C)C)ncc2-c2ccncc2)cc1. The molecular formula is C25H29N5O2. The minimum atomic E-state index is -0.101. The maximum absolute atomic E-state index is 13.5. The summed E-state index contributed by atoms with van der Waals surface area (Å²) < 4.78 is 5.46. The van der Waals surface area contributed by atoms with Crippen molar-refractivity contribution in [1.82, 2.24) is 19.9 Å². The Hall–Kier alpha value is -3.32. The molecule has 3 aromatic rings. The van der Waals surface area contributed by atoms with E-state index in [-0.39, 0.29) is 11.9 Å². The second-order valence-corrected chi connectivity index (χ2v) is 8.09. The van der Waals surface area contributed by atoms with Gasteiger partial charge in [0.1, 0.15) is 0 Å². The molecule has 0 saturated carbocycles. The van der Waals surface area contributed by atoms with Crippen LogP contribution in [-0.2, 0) is 11.3 Å². The van der Waals surface area contributed by atoms with Crippen molar-refractivity contribution in [3.05, 3.63) is 71.8 Å². The summed E-state index contributed by atoms with van der Waals surface area (Å²) in [6, 6.07) is 11.5. The number of aromatic nitrogens is 3. The first-order valence-corrected chi connectivity index (χ1v) is 11.0. The molecule has 32 heavy (non-hydrogen) atoms. The molecule has 1 amide bonds. The van der Waals surface area contributed by atoms with Gasteiger partial charge in [0, 0.05) is 57.0 Å². The normalized spacial score (nSPS) is 15.7. The number of hydrogen-bond acceptors (Lipinski definition) is 6. The van der Waals surface area contributed by atoms with Crippen LogP contribution in [0.3, 0.4) is 0 Å². The van der Waals surface area contributed by atoms with Gasteiger partial charge in [-0.2, -0.15) is 0 Å². The Balaban J connectivity index is 1.66. The first-order valence-electron chi connectivity index (χ1n) is 11.0. The number of carbonyl (C=O) groups is 1. The number of pyridine rings is 1. The van der Waals surface area contributed by atoms with E-state index in [1.807, 2.05) is 73.4 Å². The zero-order chi connectivity index (χ0) is 22.5. The zero-order valence-corrected chi connectivity index (χ0v) is 18.9. The number of benzene rings is 1. The monoisotopic (exact) mass is 431 g/mol. The van der Waals surface area contributed by atoms with E-state index in [0.717, 1.165) is 35.2 Å². The van der Waals surface area contributed by atoms with Crippen LogP contribution in [0.4, 0.5) is 5.95 Å². The van der Waals surface area contributed by atoms with E-state index in [1.54, 1.807) is 12.4 Å². The van der Waals surface area contributed by atoms with Crippen molar-refractivity contribution < 1.29 is 9.53 Å². The van der Waals surface area contributed by atoms with Gasteiger partial charge in [-0.1, -0.05) is 12.1 Å². The number of nitrogens with zero attached hydrogens (tertiary/aromatic N) is 5. The van der Waals surface area contributed by atoms with E-state index in [2.05, 4.69) is 9.97 Å². The van der Waals surface area contributed by atoms with Crippen LogP contribution >= 0.6 is 0 Å². The van der Waals surface area contributed by atoms with Crippen LogP contribution in [0.25, 0.3) is 11.1 Å². The second-order valence-electron chi connectivity index (χ2n) is 8.09. The van der Waals surface area contributed by atoms with Crippen molar-refractivity contribution >= 4 is 11.9 Å². The van der Waals surface area contributed by atoms with Gasteiger partial charge in [0.15, 0.2) is 0 Å². The lowest BCUT2D eigenvalue weighted by Crippen LogP contribution is -2.31. The maximum Gasteiger partial charge on any atom is 0.254 e. The summed E-state index contributed by atoms with van der Waals surface area (Å²) in [5.41, 5.74) is 4.57. The number of carbonyl (C=O) groups excluding carboxylic acids is 1. The molecular weight excluding hydrogens is 402 g/mol. The topological polar surface area (TPSA) is 71.5 Å². The van der Waals surface area contributed by atoms with Crippen LogP contribution in [-0.4, -0.2) is 53.0 Å². The first-order chi connectivity index (χ1) is 15.6. The third-order valence-corrected chi connectivity index (χ3v) is 5.70. The van der Waals surface area contributed by atoms with E-state index >= 15 is 0 Å². The summed E-state index contributed by atoms with van der Waals surface area (Å²) >= 11 is 0. The highest BCUT2D eigenvalue weighted by Gasteiger charge is 2.34. The van der Waals surface area contributed by atoms with Crippen LogP contribution in [0.5, 0.6) is 0 Å². The number of ether oxygens (including phenoxy) is 1. The van der Waals surface area contributed by atoms with Crippen LogP contribution in [0, 0.1) is 0 Å². The molecule has 0 aliphatic carbocycles. The van der Waals surface area contributed by atoms with Crippen molar-refractivity contribution in [2.45, 2.75) is 32.4 Å². The Morgan fingerprint density at radius 2 is 1.91 bits per heavy atom. The Bertz CT molecular complexity index is 1050. The number of anilines is 1. The van der Waals surface area contributed by atoms with E-state index in [1.165, 1.54) is 0 Å². The smallest absolute Gasteiger partial charge is 0.254 e. The molecule has 166 valence electrons. The lowest BCUT2D eigenvalue weighted by atomic mass is 10.00. The van der Waals surface area contributed by atoms with Gasteiger partial charge in [-0.25, -0.2) is 9.97 Å². The molecule has 0 unspecified atom stereocenters. The molecule has 7 heteroatoms. The van der Waals surface area contributed by atoms with Gasteiger partial charge < -0.3 is 14.5 Å². The molecule has 1 saturated heterocycles. The van der Waals surface area contributed by atoms with E-state index in [4.69, 9.17) is 9.72 Å². The number of rotatable bonds is 7. The largest absolute Gasteiger partial charge is 0.377 e. The molecule has 1 fully saturated rings. The quantitative estimate of drug-likeness (QED) is 0.560. The summed E-state index contributed by atoms with van der Waals surface area (Å²) in [5.74, 6) is 0.665. The lowest BCUT2D eigenvalue weighted by Gasteiger charge is -2.27. The van der Waals surface area contributed by atoms with Crippen molar-refractivity contribution in [1.29, 1.82) is 0 Å². The molecule has 0 radical (unpaired) electrons.